The third-order valence-electron chi connectivity index (χ3n) is 5.50. The molecule has 0 saturated carbocycles. The number of Topliss-reactive ketones (excluding diaryl/α,β-unsaturated/α-hetero) is 1. The van der Waals surface area contributed by atoms with Crippen molar-refractivity contribution in [1.82, 2.24) is 0 Å². The van der Waals surface area contributed by atoms with E-state index in [-0.39, 0.29) is 12.4 Å². The summed E-state index contributed by atoms with van der Waals surface area (Å²) in [4.78, 5) is 28.4. The number of carbonyl (C=O) groups is 2. The molecule has 0 unspecified atom stereocenters. The van der Waals surface area contributed by atoms with E-state index in [9.17, 15) is 9.59 Å². The lowest BCUT2D eigenvalue weighted by atomic mass is 9.90. The van der Waals surface area contributed by atoms with Crippen molar-refractivity contribution in [1.29, 1.82) is 0 Å². The van der Waals surface area contributed by atoms with Gasteiger partial charge in [0.25, 0.3) is 0 Å². The molecule has 0 N–H and O–H groups in total. The molecule has 4 heteroatoms. The molecule has 27 heavy (non-hydrogen) atoms. The summed E-state index contributed by atoms with van der Waals surface area (Å²) in [6.07, 6.45) is 3.57. The van der Waals surface area contributed by atoms with Gasteiger partial charge in [-0.15, -0.1) is 0 Å². The Bertz CT molecular complexity index is 888. The van der Waals surface area contributed by atoms with Crippen LogP contribution in [0.5, 0.6) is 0 Å². The minimum absolute atomic E-state index is 0.112. The van der Waals surface area contributed by atoms with Crippen molar-refractivity contribution in [2.75, 3.05) is 4.90 Å². The molecule has 0 amide bonds. The maximum absolute atomic E-state index is 13.3. The highest BCUT2D eigenvalue weighted by Crippen LogP contribution is 2.44. The summed E-state index contributed by atoms with van der Waals surface area (Å²) in [7, 11) is 0. The van der Waals surface area contributed by atoms with Gasteiger partial charge in [0.15, 0.2) is 5.78 Å². The normalized spacial score (nSPS) is 22.0. The molecular formula is C23H23NO3. The number of allylic oxidation sites excluding steroid dienone is 1. The van der Waals surface area contributed by atoms with Crippen molar-refractivity contribution in [3.8, 4) is 0 Å². The van der Waals surface area contributed by atoms with Crippen molar-refractivity contribution < 1.29 is 14.3 Å². The molecule has 0 fully saturated rings. The Hall–Kier alpha value is -2.88. The molecular weight excluding hydrogens is 338 g/mol. The highest BCUT2D eigenvalue weighted by Gasteiger charge is 2.56. The summed E-state index contributed by atoms with van der Waals surface area (Å²) in [6, 6.07) is 19.2. The molecule has 2 aliphatic rings. The molecule has 2 aromatic rings. The van der Waals surface area contributed by atoms with Gasteiger partial charge in [-0.2, -0.15) is 0 Å². The molecule has 1 aliphatic carbocycles. The van der Waals surface area contributed by atoms with E-state index in [1.54, 1.807) is 6.92 Å². The topological polar surface area (TPSA) is 46.6 Å². The van der Waals surface area contributed by atoms with E-state index in [0.717, 1.165) is 48.2 Å². The van der Waals surface area contributed by atoms with Gasteiger partial charge in [0.1, 0.15) is 6.61 Å². The van der Waals surface area contributed by atoms with Crippen molar-refractivity contribution in [2.45, 2.75) is 44.8 Å². The number of hydrogen-bond acceptors (Lipinski definition) is 4. The lowest BCUT2D eigenvalue weighted by Gasteiger charge is -2.35. The number of anilines is 1. The van der Waals surface area contributed by atoms with Gasteiger partial charge in [-0.3, -0.25) is 4.79 Å². The molecule has 0 aromatic heterocycles. The molecule has 138 valence electrons. The fraction of sp³-hybridized carbons (Fsp3) is 0.304. The number of rotatable bonds is 4. The lowest BCUT2D eigenvalue weighted by molar-refractivity contribution is -0.153. The van der Waals surface area contributed by atoms with Crippen LogP contribution in [0, 0.1) is 0 Å². The highest BCUT2D eigenvalue weighted by molar-refractivity contribution is 6.22. The smallest absolute Gasteiger partial charge is 0.340 e. The predicted octanol–water partition coefficient (Wildman–Crippen LogP) is 4.41. The van der Waals surface area contributed by atoms with E-state index in [1.165, 1.54) is 0 Å². The molecule has 1 aliphatic heterocycles. The maximum atomic E-state index is 13.3. The average molecular weight is 361 g/mol. The molecule has 1 heterocycles. The Morgan fingerprint density at radius 1 is 1.00 bits per heavy atom. The Kier molecular flexibility index (Phi) is 4.56. The fourth-order valence-corrected chi connectivity index (χ4v) is 4.08. The highest BCUT2D eigenvalue weighted by atomic mass is 16.5. The van der Waals surface area contributed by atoms with Crippen LogP contribution in [0.1, 0.15) is 38.2 Å². The first-order valence-electron chi connectivity index (χ1n) is 9.45. The lowest BCUT2D eigenvalue weighted by Crippen LogP contribution is -2.54. The minimum atomic E-state index is -1.34. The number of hydrogen-bond donors (Lipinski definition) is 0. The zero-order chi connectivity index (χ0) is 18.9. The van der Waals surface area contributed by atoms with E-state index in [1.807, 2.05) is 65.6 Å². The van der Waals surface area contributed by atoms with E-state index < -0.39 is 11.5 Å². The summed E-state index contributed by atoms with van der Waals surface area (Å²) in [6.45, 7) is 1.86. The van der Waals surface area contributed by atoms with Gasteiger partial charge in [0.2, 0.25) is 5.54 Å². The van der Waals surface area contributed by atoms with E-state index in [2.05, 4.69) is 0 Å². The van der Waals surface area contributed by atoms with Crippen LogP contribution in [0.4, 0.5) is 5.69 Å². The van der Waals surface area contributed by atoms with E-state index >= 15 is 0 Å². The summed E-state index contributed by atoms with van der Waals surface area (Å²) < 4.78 is 5.62. The van der Waals surface area contributed by atoms with Gasteiger partial charge in [-0.1, -0.05) is 48.5 Å². The van der Waals surface area contributed by atoms with Crippen molar-refractivity contribution in [3.63, 3.8) is 0 Å². The Morgan fingerprint density at radius 3 is 2.33 bits per heavy atom. The average Bonchev–Trinajstić information content (AvgIpc) is 2.96. The number of benzene rings is 2. The third kappa shape index (κ3) is 2.95. The van der Waals surface area contributed by atoms with Gasteiger partial charge >= 0.3 is 5.97 Å². The second kappa shape index (κ2) is 7.03. The monoisotopic (exact) mass is 361 g/mol. The SMILES string of the molecule is C[C@@]1(C(=O)OCc2ccccc2)C(=O)C2=C(CCCC2)N1c1ccccc1. The number of esters is 1. The molecule has 0 radical (unpaired) electrons. The first-order valence-corrected chi connectivity index (χ1v) is 9.45. The Balaban J connectivity index is 1.68. The Labute approximate surface area is 159 Å². The minimum Gasteiger partial charge on any atom is -0.459 e. The van der Waals surface area contributed by atoms with Gasteiger partial charge < -0.3 is 9.64 Å². The van der Waals surface area contributed by atoms with E-state index in [4.69, 9.17) is 4.74 Å². The van der Waals surface area contributed by atoms with Crippen LogP contribution in [0.15, 0.2) is 71.9 Å². The van der Waals surface area contributed by atoms with Crippen LogP contribution in [0.2, 0.25) is 0 Å². The standard InChI is InChI=1S/C23H23NO3/c1-23(22(26)27-16-17-10-4-2-5-11-17)21(25)19-14-8-9-15-20(19)24(23)18-12-6-3-7-13-18/h2-7,10-13H,8-9,14-16H2,1H3/t23-/m0/s1. The van der Waals surface area contributed by atoms with Crippen molar-refractivity contribution >= 4 is 17.4 Å². The third-order valence-corrected chi connectivity index (χ3v) is 5.50. The van der Waals surface area contributed by atoms with Crippen molar-refractivity contribution in [3.05, 3.63) is 77.5 Å². The summed E-state index contributed by atoms with van der Waals surface area (Å²) in [5, 5.41) is 0. The van der Waals surface area contributed by atoms with Crippen molar-refractivity contribution in [2.24, 2.45) is 0 Å². The molecule has 4 nitrogen and oxygen atoms in total. The first-order chi connectivity index (χ1) is 13.1. The van der Waals surface area contributed by atoms with Gasteiger partial charge in [-0.05, 0) is 50.3 Å². The number of ether oxygens (including phenoxy) is 1. The second-order valence-corrected chi connectivity index (χ2v) is 7.27. The van der Waals surface area contributed by atoms with Gasteiger partial charge in [0.05, 0.1) is 0 Å². The predicted molar refractivity (Wildman–Crippen MR) is 104 cm³/mol. The number of ketones is 1. The van der Waals surface area contributed by atoms with Crippen LogP contribution in [-0.4, -0.2) is 17.3 Å². The summed E-state index contributed by atoms with van der Waals surface area (Å²) >= 11 is 0. The fourth-order valence-electron chi connectivity index (χ4n) is 4.08. The van der Waals surface area contributed by atoms with Crippen LogP contribution in [0.25, 0.3) is 0 Å². The molecule has 4 rings (SSSR count). The first kappa shape index (κ1) is 17.5. The summed E-state index contributed by atoms with van der Waals surface area (Å²) in [5.41, 5.74) is 2.20. The molecule has 0 bridgehead atoms. The quantitative estimate of drug-likeness (QED) is 0.598. The van der Waals surface area contributed by atoms with Crippen LogP contribution in [0.3, 0.4) is 0 Å². The van der Waals surface area contributed by atoms with Crippen LogP contribution < -0.4 is 4.90 Å². The van der Waals surface area contributed by atoms with E-state index in [0.29, 0.717) is 0 Å². The zero-order valence-electron chi connectivity index (χ0n) is 15.5. The number of nitrogens with zero attached hydrogens (tertiary/aromatic N) is 1. The van der Waals surface area contributed by atoms with Gasteiger partial charge in [-0.25, -0.2) is 4.79 Å². The molecule has 0 saturated heterocycles. The maximum Gasteiger partial charge on any atom is 0.340 e. The van der Waals surface area contributed by atoms with Crippen LogP contribution >= 0.6 is 0 Å². The number of carbonyl (C=O) groups excluding carboxylic acids is 2. The largest absolute Gasteiger partial charge is 0.459 e. The molecule has 2 aromatic carbocycles. The second-order valence-electron chi connectivity index (χ2n) is 7.27. The van der Waals surface area contributed by atoms with Crippen LogP contribution in [-0.2, 0) is 20.9 Å². The molecule has 0 spiro atoms. The zero-order valence-corrected chi connectivity index (χ0v) is 15.5. The number of para-hydroxylation sites is 1. The molecule has 1 atom stereocenters. The van der Waals surface area contributed by atoms with Gasteiger partial charge in [0, 0.05) is 17.0 Å². The summed E-state index contributed by atoms with van der Waals surface area (Å²) in [5.74, 6) is -0.603. The Morgan fingerprint density at radius 2 is 1.63 bits per heavy atom.